The normalized spacial score (nSPS) is 21.8. The summed E-state index contributed by atoms with van der Waals surface area (Å²) in [5.74, 6) is 0.187. The second-order valence-electron chi connectivity index (χ2n) is 8.60. The van der Waals surface area contributed by atoms with Crippen molar-refractivity contribution >= 4 is 17.2 Å². The summed E-state index contributed by atoms with van der Waals surface area (Å²) in [4.78, 5) is 19.1. The van der Waals surface area contributed by atoms with Gasteiger partial charge in [-0.05, 0) is 46.4 Å². The van der Waals surface area contributed by atoms with Crippen molar-refractivity contribution in [3.63, 3.8) is 0 Å². The number of Topliss-reactive ketones (excluding diaryl/α,β-unsaturated/α-hetero) is 1. The molecule has 2 unspecified atom stereocenters. The minimum absolute atomic E-state index is 0.0767. The molecule has 7 nitrogen and oxygen atoms in total. The average molecular weight is 388 g/mol. The molecule has 1 aliphatic carbocycles. The summed E-state index contributed by atoms with van der Waals surface area (Å²) in [6, 6.07) is 14.6. The van der Waals surface area contributed by atoms with Gasteiger partial charge in [-0.15, -0.1) is 0 Å². The van der Waals surface area contributed by atoms with Gasteiger partial charge in [0, 0.05) is 33.0 Å². The largest absolute Gasteiger partial charge is 0.298 e. The number of rotatable bonds is 4. The molecule has 1 fully saturated rings. The van der Waals surface area contributed by atoms with Gasteiger partial charge < -0.3 is 0 Å². The Bertz CT molecular complexity index is 904. The Hall–Kier alpha value is -3.27. The average Bonchev–Trinajstić information content (AvgIpc) is 2.69. The van der Waals surface area contributed by atoms with Crippen LogP contribution in [-0.4, -0.2) is 5.78 Å². The number of nitrogens with zero attached hydrogens (tertiary/aromatic N) is 6. The highest BCUT2D eigenvalue weighted by molar-refractivity contribution is 5.92. The van der Waals surface area contributed by atoms with Gasteiger partial charge in [0.15, 0.2) is 0 Å². The van der Waals surface area contributed by atoms with E-state index in [1.807, 2.05) is 24.3 Å². The van der Waals surface area contributed by atoms with Crippen molar-refractivity contribution in [3.8, 4) is 0 Å². The summed E-state index contributed by atoms with van der Waals surface area (Å²) >= 11 is 0. The molecule has 0 spiro atoms. The lowest BCUT2D eigenvalue weighted by Crippen LogP contribution is -2.35. The molecule has 2 atom stereocenters. The Balaban J connectivity index is 1.96. The Kier molecular flexibility index (Phi) is 5.92. The third-order valence-electron chi connectivity index (χ3n) is 5.86. The maximum atomic E-state index is 13.5. The van der Waals surface area contributed by atoms with Gasteiger partial charge in [0.25, 0.3) is 0 Å². The quantitative estimate of drug-likeness (QED) is 0.302. The molecule has 2 aromatic rings. The fraction of sp³-hybridized carbons (Fsp3) is 0.409. The predicted molar refractivity (Wildman–Crippen MR) is 113 cm³/mol. The van der Waals surface area contributed by atoms with Crippen LogP contribution < -0.4 is 0 Å². The van der Waals surface area contributed by atoms with Crippen LogP contribution in [0.5, 0.6) is 0 Å². The SMILES string of the molecule is CC(C)(C)C1CC(c2ccc(N=[N+]=[N-])cc2)C(=O)C(c2ccc(N=[N+]=[N-])cc2)C1. The summed E-state index contributed by atoms with van der Waals surface area (Å²) in [6.07, 6.45) is 1.60. The van der Waals surface area contributed by atoms with Gasteiger partial charge in [-0.25, -0.2) is 0 Å². The van der Waals surface area contributed by atoms with Crippen LogP contribution in [0.15, 0.2) is 58.8 Å². The second kappa shape index (κ2) is 8.39. The summed E-state index contributed by atoms with van der Waals surface area (Å²) in [5, 5.41) is 7.23. The van der Waals surface area contributed by atoms with Crippen LogP contribution in [0.2, 0.25) is 0 Å². The molecule has 0 N–H and O–H groups in total. The molecule has 0 bridgehead atoms. The van der Waals surface area contributed by atoms with Gasteiger partial charge >= 0.3 is 0 Å². The monoisotopic (exact) mass is 388 g/mol. The van der Waals surface area contributed by atoms with E-state index in [1.165, 1.54) is 0 Å². The summed E-state index contributed by atoms with van der Waals surface area (Å²) in [6.45, 7) is 6.66. The number of carbonyl (C=O) groups excluding carboxylic acids is 1. The molecule has 0 aliphatic heterocycles. The van der Waals surface area contributed by atoms with Crippen LogP contribution in [-0.2, 0) is 4.79 Å². The molecule has 0 saturated heterocycles. The first-order valence-electron chi connectivity index (χ1n) is 9.67. The first-order valence-corrected chi connectivity index (χ1v) is 9.67. The number of hydrogen-bond donors (Lipinski definition) is 0. The van der Waals surface area contributed by atoms with Crippen LogP contribution in [0.4, 0.5) is 11.4 Å². The van der Waals surface area contributed by atoms with Gasteiger partial charge in [-0.3, -0.25) is 4.79 Å². The number of carbonyl (C=O) groups is 1. The summed E-state index contributed by atoms with van der Waals surface area (Å²) in [5.41, 5.74) is 20.3. The van der Waals surface area contributed by atoms with E-state index >= 15 is 0 Å². The maximum absolute atomic E-state index is 13.5. The predicted octanol–water partition coefficient (Wildman–Crippen LogP) is 7.46. The minimum Gasteiger partial charge on any atom is -0.298 e. The van der Waals surface area contributed by atoms with Gasteiger partial charge in [0.05, 0.1) is 0 Å². The van der Waals surface area contributed by atoms with Crippen LogP contribution in [0.1, 0.15) is 56.6 Å². The lowest BCUT2D eigenvalue weighted by atomic mass is 9.62. The zero-order valence-electron chi connectivity index (χ0n) is 16.9. The van der Waals surface area contributed by atoms with Gasteiger partial charge in [0.1, 0.15) is 5.78 Å². The van der Waals surface area contributed by atoms with Crippen molar-refractivity contribution < 1.29 is 4.79 Å². The fourth-order valence-electron chi connectivity index (χ4n) is 4.10. The molecule has 29 heavy (non-hydrogen) atoms. The van der Waals surface area contributed by atoms with Gasteiger partial charge in [0.2, 0.25) is 0 Å². The molecular weight excluding hydrogens is 364 g/mol. The van der Waals surface area contributed by atoms with Crippen molar-refractivity contribution in [1.82, 2.24) is 0 Å². The topological polar surface area (TPSA) is 115 Å². The molecule has 7 heteroatoms. The van der Waals surface area contributed by atoms with Crippen LogP contribution in [0.3, 0.4) is 0 Å². The van der Waals surface area contributed by atoms with E-state index in [2.05, 4.69) is 40.8 Å². The molecule has 3 rings (SSSR count). The summed E-state index contributed by atoms with van der Waals surface area (Å²) in [7, 11) is 0. The third kappa shape index (κ3) is 4.60. The van der Waals surface area contributed by atoms with E-state index in [0.717, 1.165) is 24.0 Å². The Morgan fingerprint density at radius 3 is 1.48 bits per heavy atom. The van der Waals surface area contributed by atoms with Gasteiger partial charge in [-0.1, -0.05) is 79.5 Å². The van der Waals surface area contributed by atoms with E-state index in [-0.39, 0.29) is 23.0 Å². The Labute approximate surface area is 170 Å². The highest BCUT2D eigenvalue weighted by Crippen LogP contribution is 2.48. The Morgan fingerprint density at radius 1 is 0.793 bits per heavy atom. The molecule has 0 heterocycles. The molecule has 1 aliphatic rings. The van der Waals surface area contributed by atoms with Crippen molar-refractivity contribution in [2.24, 2.45) is 21.6 Å². The number of azide groups is 2. The van der Waals surface area contributed by atoms with Crippen LogP contribution in [0.25, 0.3) is 20.9 Å². The number of benzene rings is 2. The highest BCUT2D eigenvalue weighted by atomic mass is 16.1. The van der Waals surface area contributed by atoms with E-state index in [1.54, 1.807) is 24.3 Å². The summed E-state index contributed by atoms with van der Waals surface area (Å²) < 4.78 is 0. The fourth-order valence-corrected chi connectivity index (χ4v) is 4.10. The molecule has 2 aromatic carbocycles. The molecule has 148 valence electrons. The molecule has 1 saturated carbocycles. The molecule has 0 radical (unpaired) electrons. The zero-order chi connectivity index (χ0) is 21.0. The van der Waals surface area contributed by atoms with Crippen molar-refractivity contribution in [2.75, 3.05) is 0 Å². The third-order valence-corrected chi connectivity index (χ3v) is 5.86. The number of hydrogen-bond acceptors (Lipinski definition) is 3. The minimum atomic E-state index is -0.199. The second-order valence-corrected chi connectivity index (χ2v) is 8.60. The Morgan fingerprint density at radius 2 is 1.17 bits per heavy atom. The number of ketones is 1. The molecule has 0 amide bonds. The van der Waals surface area contributed by atoms with Crippen molar-refractivity contribution in [2.45, 2.75) is 45.4 Å². The standard InChI is InChI=1S/C22H24N6O/c1-22(2,3)16-12-19(14-4-8-17(9-5-14)25-27-23)21(29)20(13-16)15-6-10-18(11-7-15)26-28-24/h4-11,16,19-20H,12-13H2,1-3H3. The van der Waals surface area contributed by atoms with Crippen LogP contribution >= 0.6 is 0 Å². The van der Waals surface area contributed by atoms with Gasteiger partial charge in [-0.2, -0.15) is 0 Å². The molecular formula is C22H24N6O. The lowest BCUT2D eigenvalue weighted by molar-refractivity contribution is -0.125. The first-order chi connectivity index (χ1) is 13.8. The van der Waals surface area contributed by atoms with E-state index in [9.17, 15) is 4.79 Å². The zero-order valence-corrected chi connectivity index (χ0v) is 16.9. The van der Waals surface area contributed by atoms with E-state index in [4.69, 9.17) is 11.1 Å². The lowest BCUT2D eigenvalue weighted by Gasteiger charge is -2.41. The van der Waals surface area contributed by atoms with Crippen molar-refractivity contribution in [3.05, 3.63) is 80.5 Å². The first kappa shape index (κ1) is 20.5. The molecule has 0 aromatic heterocycles. The smallest absolute Gasteiger partial charge is 0.147 e. The highest BCUT2D eigenvalue weighted by Gasteiger charge is 2.41. The van der Waals surface area contributed by atoms with E-state index < -0.39 is 0 Å². The van der Waals surface area contributed by atoms with E-state index in [0.29, 0.717) is 17.3 Å². The maximum Gasteiger partial charge on any atom is 0.147 e. The van der Waals surface area contributed by atoms with Crippen molar-refractivity contribution in [1.29, 1.82) is 0 Å². The van der Waals surface area contributed by atoms with Crippen LogP contribution in [0, 0.1) is 11.3 Å².